The van der Waals surface area contributed by atoms with Gasteiger partial charge in [0, 0.05) is 30.5 Å². The summed E-state index contributed by atoms with van der Waals surface area (Å²) in [5.41, 5.74) is 2.46. The fourth-order valence-corrected chi connectivity index (χ4v) is 1.74. The number of hydrogen-bond acceptors (Lipinski definition) is 1. The quantitative estimate of drug-likeness (QED) is 0.736. The van der Waals surface area contributed by atoms with Gasteiger partial charge in [0.25, 0.3) is 0 Å². The minimum Gasteiger partial charge on any atom is -0.369 e. The number of nitrogens with zero attached hydrogens (tertiary/aromatic N) is 1. The predicted molar refractivity (Wildman–Crippen MR) is 72.1 cm³/mol. The van der Waals surface area contributed by atoms with Crippen molar-refractivity contribution in [1.82, 2.24) is 0 Å². The van der Waals surface area contributed by atoms with Crippen LogP contribution >= 0.6 is 35.6 Å². The molecule has 0 bridgehead atoms. The van der Waals surface area contributed by atoms with Crippen molar-refractivity contribution in [3.63, 3.8) is 0 Å². The van der Waals surface area contributed by atoms with E-state index in [1.54, 1.807) is 0 Å². The van der Waals surface area contributed by atoms with E-state index in [0.29, 0.717) is 11.8 Å². The van der Waals surface area contributed by atoms with Gasteiger partial charge in [0.2, 0.25) is 0 Å². The fourth-order valence-electron chi connectivity index (χ4n) is 1.33. The Morgan fingerprint density at radius 1 is 1.00 bits per heavy atom. The van der Waals surface area contributed by atoms with E-state index in [-0.39, 0.29) is 12.4 Å². The van der Waals surface area contributed by atoms with E-state index in [4.69, 9.17) is 23.2 Å². The molecule has 0 heterocycles. The van der Waals surface area contributed by atoms with Crippen LogP contribution in [0.1, 0.15) is 5.56 Å². The van der Waals surface area contributed by atoms with Crippen LogP contribution in [0.4, 0.5) is 5.69 Å². The first-order valence-corrected chi connectivity index (χ1v) is 5.78. The van der Waals surface area contributed by atoms with E-state index in [2.05, 4.69) is 36.1 Å². The Bertz CT molecular complexity index is 255. The monoisotopic (exact) mass is 267 g/mol. The standard InChI is InChI=1S/C11H15Cl2N.ClH/c1-10-2-4-11(5-3-10)14(8-6-12)9-7-13;/h2-5H,6-9H2,1H3;1H. The molecule has 86 valence electrons. The molecule has 0 aromatic heterocycles. The molecule has 0 amide bonds. The zero-order valence-corrected chi connectivity index (χ0v) is 11.1. The number of rotatable bonds is 5. The SMILES string of the molecule is Cc1ccc(N(CCCl)CCCl)cc1.Cl. The molecule has 1 aromatic carbocycles. The molecule has 15 heavy (non-hydrogen) atoms. The van der Waals surface area contributed by atoms with Crippen LogP contribution in [0.5, 0.6) is 0 Å². The highest BCUT2D eigenvalue weighted by molar-refractivity contribution is 6.18. The van der Waals surface area contributed by atoms with Gasteiger partial charge in [0.15, 0.2) is 0 Å². The predicted octanol–water partition coefficient (Wildman–Crippen LogP) is 3.70. The van der Waals surface area contributed by atoms with E-state index in [9.17, 15) is 0 Å². The van der Waals surface area contributed by atoms with Crippen molar-refractivity contribution in [2.45, 2.75) is 6.92 Å². The summed E-state index contributed by atoms with van der Waals surface area (Å²) in [6, 6.07) is 8.42. The van der Waals surface area contributed by atoms with Crippen molar-refractivity contribution in [3.05, 3.63) is 29.8 Å². The molecule has 0 saturated heterocycles. The lowest BCUT2D eigenvalue weighted by Gasteiger charge is -2.22. The maximum absolute atomic E-state index is 5.73. The van der Waals surface area contributed by atoms with Crippen LogP contribution in [-0.4, -0.2) is 24.8 Å². The lowest BCUT2D eigenvalue weighted by atomic mass is 10.2. The summed E-state index contributed by atoms with van der Waals surface area (Å²) in [6.45, 7) is 3.77. The van der Waals surface area contributed by atoms with E-state index in [1.165, 1.54) is 11.3 Å². The largest absolute Gasteiger partial charge is 0.369 e. The van der Waals surface area contributed by atoms with Gasteiger partial charge in [-0.05, 0) is 19.1 Å². The number of hydrogen-bond donors (Lipinski definition) is 0. The van der Waals surface area contributed by atoms with Crippen LogP contribution in [0.2, 0.25) is 0 Å². The molecule has 0 aliphatic rings. The molecule has 0 aliphatic carbocycles. The van der Waals surface area contributed by atoms with Crippen LogP contribution in [-0.2, 0) is 0 Å². The molecule has 0 radical (unpaired) electrons. The summed E-state index contributed by atoms with van der Waals surface area (Å²) >= 11 is 11.5. The lowest BCUT2D eigenvalue weighted by molar-refractivity contribution is 0.874. The van der Waals surface area contributed by atoms with E-state index in [0.717, 1.165) is 13.1 Å². The Morgan fingerprint density at radius 2 is 1.47 bits per heavy atom. The highest BCUT2D eigenvalue weighted by Crippen LogP contribution is 2.14. The smallest absolute Gasteiger partial charge is 0.0399 e. The van der Waals surface area contributed by atoms with E-state index < -0.39 is 0 Å². The van der Waals surface area contributed by atoms with Crippen molar-refractivity contribution >= 4 is 41.3 Å². The molecule has 1 nitrogen and oxygen atoms in total. The summed E-state index contributed by atoms with van der Waals surface area (Å²) in [4.78, 5) is 2.19. The third-order valence-corrected chi connectivity index (χ3v) is 2.45. The lowest BCUT2D eigenvalue weighted by Crippen LogP contribution is -2.27. The number of alkyl halides is 2. The second-order valence-corrected chi connectivity index (χ2v) is 3.96. The Kier molecular flexibility index (Phi) is 8.03. The summed E-state index contributed by atoms with van der Waals surface area (Å²) in [6.07, 6.45) is 0. The van der Waals surface area contributed by atoms with Crippen LogP contribution in [0, 0.1) is 6.92 Å². The molecule has 0 fully saturated rings. The fraction of sp³-hybridized carbons (Fsp3) is 0.455. The van der Waals surface area contributed by atoms with Gasteiger partial charge in [-0.3, -0.25) is 0 Å². The van der Waals surface area contributed by atoms with Gasteiger partial charge >= 0.3 is 0 Å². The van der Waals surface area contributed by atoms with Gasteiger partial charge in [-0.15, -0.1) is 35.6 Å². The number of halogens is 3. The summed E-state index contributed by atoms with van der Waals surface area (Å²) in [5, 5.41) is 0. The average Bonchev–Trinajstić information content (AvgIpc) is 2.19. The Balaban J connectivity index is 0.00000196. The Labute approximate surface area is 108 Å². The maximum Gasteiger partial charge on any atom is 0.0399 e. The van der Waals surface area contributed by atoms with Crippen LogP contribution < -0.4 is 4.90 Å². The van der Waals surface area contributed by atoms with Crippen LogP contribution in [0.3, 0.4) is 0 Å². The van der Waals surface area contributed by atoms with Gasteiger partial charge in [0.1, 0.15) is 0 Å². The summed E-state index contributed by atoms with van der Waals surface area (Å²) in [7, 11) is 0. The Hall–Kier alpha value is -0.110. The average molecular weight is 269 g/mol. The normalized spacial score (nSPS) is 9.53. The molecule has 4 heteroatoms. The van der Waals surface area contributed by atoms with Crippen molar-refractivity contribution < 1.29 is 0 Å². The third-order valence-electron chi connectivity index (χ3n) is 2.11. The second-order valence-electron chi connectivity index (χ2n) is 3.20. The first-order valence-electron chi connectivity index (χ1n) is 4.71. The van der Waals surface area contributed by atoms with Gasteiger partial charge < -0.3 is 4.90 Å². The summed E-state index contributed by atoms with van der Waals surface area (Å²) in [5.74, 6) is 1.26. The molecule has 0 N–H and O–H groups in total. The molecular formula is C11H16Cl3N. The van der Waals surface area contributed by atoms with Crippen molar-refractivity contribution in [2.24, 2.45) is 0 Å². The zero-order chi connectivity index (χ0) is 10.4. The minimum absolute atomic E-state index is 0. The second kappa shape index (κ2) is 8.09. The van der Waals surface area contributed by atoms with Crippen LogP contribution in [0.25, 0.3) is 0 Å². The Morgan fingerprint density at radius 3 is 1.87 bits per heavy atom. The molecule has 0 saturated carbocycles. The topological polar surface area (TPSA) is 3.24 Å². The van der Waals surface area contributed by atoms with Crippen molar-refractivity contribution in [2.75, 3.05) is 29.7 Å². The van der Waals surface area contributed by atoms with Crippen LogP contribution in [0.15, 0.2) is 24.3 Å². The van der Waals surface area contributed by atoms with Crippen molar-refractivity contribution in [3.8, 4) is 0 Å². The molecule has 0 atom stereocenters. The van der Waals surface area contributed by atoms with Gasteiger partial charge in [-0.25, -0.2) is 0 Å². The summed E-state index contributed by atoms with van der Waals surface area (Å²) < 4.78 is 0. The number of benzene rings is 1. The first-order chi connectivity index (χ1) is 6.77. The number of anilines is 1. The van der Waals surface area contributed by atoms with E-state index in [1.807, 2.05) is 0 Å². The van der Waals surface area contributed by atoms with Gasteiger partial charge in [0.05, 0.1) is 0 Å². The first kappa shape index (κ1) is 14.9. The molecule has 0 aliphatic heterocycles. The number of aryl methyl sites for hydroxylation is 1. The third kappa shape index (κ3) is 4.96. The molecule has 1 aromatic rings. The minimum atomic E-state index is 0. The van der Waals surface area contributed by atoms with Gasteiger partial charge in [-0.2, -0.15) is 0 Å². The molecule has 0 unspecified atom stereocenters. The molecule has 0 spiro atoms. The molecular weight excluding hydrogens is 252 g/mol. The zero-order valence-electron chi connectivity index (χ0n) is 8.75. The maximum atomic E-state index is 5.73. The highest BCUT2D eigenvalue weighted by Gasteiger charge is 2.03. The molecule has 1 rings (SSSR count). The highest BCUT2D eigenvalue weighted by atomic mass is 35.5. The van der Waals surface area contributed by atoms with Crippen molar-refractivity contribution in [1.29, 1.82) is 0 Å². The van der Waals surface area contributed by atoms with E-state index >= 15 is 0 Å². The van der Waals surface area contributed by atoms with Gasteiger partial charge in [-0.1, -0.05) is 17.7 Å².